The van der Waals surface area contributed by atoms with E-state index in [9.17, 15) is 5.21 Å². The number of nitrogens with zero attached hydrogens (tertiary/aromatic N) is 5. The summed E-state index contributed by atoms with van der Waals surface area (Å²) in [7, 11) is 0. The molecule has 0 aliphatic carbocycles. The number of nitrogens with one attached hydrogen (secondary N) is 1. The van der Waals surface area contributed by atoms with Crippen LogP contribution in [0.25, 0.3) is 5.57 Å². The van der Waals surface area contributed by atoms with Gasteiger partial charge in [-0.3, -0.25) is 4.65 Å². The van der Waals surface area contributed by atoms with Crippen LogP contribution in [0.4, 0.5) is 0 Å². The third-order valence-corrected chi connectivity index (χ3v) is 3.05. The lowest BCUT2D eigenvalue weighted by atomic mass is 10.2. The monoisotopic (exact) mass is 222 g/mol. The van der Waals surface area contributed by atoms with E-state index in [1.54, 1.807) is 17.8 Å². The van der Waals surface area contributed by atoms with Crippen molar-refractivity contribution in [3.05, 3.63) is 28.8 Å². The van der Waals surface area contributed by atoms with E-state index in [4.69, 9.17) is 0 Å². The standard InChI is InChI=1S/C7H6N6OS/c14-13-1-2-15-7(13)8-3-5(4-13)6-9-11-12-10-6/h1-3H,4H2,(H,9,10,11,12). The van der Waals surface area contributed by atoms with Crippen molar-refractivity contribution in [1.82, 2.24) is 20.6 Å². The molecule has 1 N–H and O–H groups in total. The van der Waals surface area contributed by atoms with Crippen LogP contribution in [0, 0.1) is 5.21 Å². The van der Waals surface area contributed by atoms with E-state index in [1.807, 2.05) is 0 Å². The Morgan fingerprint density at radius 3 is 3.27 bits per heavy atom. The Balaban J connectivity index is 2.00. The molecule has 2 aliphatic rings. The normalized spacial score (nSPS) is 28.6. The van der Waals surface area contributed by atoms with Crippen LogP contribution in [0.2, 0.25) is 0 Å². The van der Waals surface area contributed by atoms with E-state index in [1.165, 1.54) is 11.8 Å². The van der Waals surface area contributed by atoms with Crippen LogP contribution in [0.3, 0.4) is 0 Å². The molecule has 1 aromatic rings. The third-order valence-electron chi connectivity index (χ3n) is 2.17. The number of H-pyrrole nitrogens is 1. The Morgan fingerprint density at radius 2 is 2.47 bits per heavy atom. The summed E-state index contributed by atoms with van der Waals surface area (Å²) in [4.78, 5) is 4.09. The molecule has 7 nitrogen and oxygen atoms in total. The van der Waals surface area contributed by atoms with Crippen molar-refractivity contribution in [3.8, 4) is 0 Å². The summed E-state index contributed by atoms with van der Waals surface area (Å²) in [6.07, 6.45) is 3.19. The number of aromatic nitrogens is 4. The Morgan fingerprint density at radius 1 is 1.53 bits per heavy atom. The zero-order valence-corrected chi connectivity index (χ0v) is 8.31. The molecule has 3 heterocycles. The minimum atomic E-state index is -0.551. The summed E-state index contributed by atoms with van der Waals surface area (Å²) in [6.45, 7) is 0.266. The molecular formula is C7H6N6OS. The lowest BCUT2D eigenvalue weighted by molar-refractivity contribution is -0.718. The lowest BCUT2D eigenvalue weighted by Gasteiger charge is -2.36. The number of amidine groups is 1. The van der Waals surface area contributed by atoms with Crippen LogP contribution in [0.1, 0.15) is 5.82 Å². The van der Waals surface area contributed by atoms with Crippen molar-refractivity contribution in [2.75, 3.05) is 6.54 Å². The van der Waals surface area contributed by atoms with E-state index >= 15 is 0 Å². The molecule has 15 heavy (non-hydrogen) atoms. The quantitative estimate of drug-likeness (QED) is 0.550. The predicted octanol–water partition coefficient (Wildman–Crippen LogP) is 0.443. The molecule has 0 radical (unpaired) electrons. The molecule has 0 aromatic carbocycles. The van der Waals surface area contributed by atoms with Crippen molar-refractivity contribution in [3.63, 3.8) is 0 Å². The molecule has 0 spiro atoms. The number of thioether (sulfide) groups is 1. The maximum Gasteiger partial charge on any atom is 0.273 e. The molecule has 0 fully saturated rings. The molecule has 0 saturated carbocycles. The maximum absolute atomic E-state index is 12.2. The first kappa shape index (κ1) is 8.77. The number of quaternary nitrogens is 1. The van der Waals surface area contributed by atoms with E-state index in [0.717, 1.165) is 0 Å². The van der Waals surface area contributed by atoms with Gasteiger partial charge in [-0.05, 0) is 17.0 Å². The van der Waals surface area contributed by atoms with E-state index in [0.29, 0.717) is 16.6 Å². The molecule has 2 aliphatic heterocycles. The highest BCUT2D eigenvalue weighted by atomic mass is 32.2. The maximum atomic E-state index is 12.2. The van der Waals surface area contributed by atoms with Gasteiger partial charge in [0.1, 0.15) is 12.7 Å². The number of hydrogen-bond acceptors (Lipinski definition) is 6. The predicted molar refractivity (Wildman–Crippen MR) is 54.8 cm³/mol. The first-order chi connectivity index (χ1) is 7.28. The fourth-order valence-corrected chi connectivity index (χ4v) is 2.24. The molecule has 1 unspecified atom stereocenters. The Bertz CT molecular complexity index is 478. The number of rotatable bonds is 1. The Hall–Kier alpha value is -1.51. The minimum absolute atomic E-state index is 0.266. The molecule has 76 valence electrons. The second-order valence-corrected chi connectivity index (χ2v) is 4.03. The number of tetrazole rings is 1. The highest BCUT2D eigenvalue weighted by Crippen LogP contribution is 2.33. The van der Waals surface area contributed by atoms with Gasteiger partial charge in [-0.2, -0.15) is 10.2 Å². The molecule has 0 amide bonds. The fourth-order valence-electron chi connectivity index (χ4n) is 1.44. The summed E-state index contributed by atoms with van der Waals surface area (Å²) in [6, 6.07) is 0. The topological polar surface area (TPSA) is 89.9 Å². The van der Waals surface area contributed by atoms with Crippen molar-refractivity contribution in [2.45, 2.75) is 0 Å². The van der Waals surface area contributed by atoms with Crippen LogP contribution in [0.5, 0.6) is 0 Å². The van der Waals surface area contributed by atoms with Crippen LogP contribution in [-0.2, 0) is 0 Å². The molecule has 1 atom stereocenters. The summed E-state index contributed by atoms with van der Waals surface area (Å²) < 4.78 is -0.551. The zero-order chi connectivity index (χ0) is 10.3. The van der Waals surface area contributed by atoms with Crippen LogP contribution in [-0.4, -0.2) is 37.0 Å². The summed E-state index contributed by atoms with van der Waals surface area (Å²) in [5.74, 6) is 0.427. The van der Waals surface area contributed by atoms with E-state index in [-0.39, 0.29) is 6.54 Å². The van der Waals surface area contributed by atoms with Crippen molar-refractivity contribution < 1.29 is 4.65 Å². The summed E-state index contributed by atoms with van der Waals surface area (Å²) in [5, 5.41) is 27.9. The first-order valence-corrected chi connectivity index (χ1v) is 5.10. The van der Waals surface area contributed by atoms with Gasteiger partial charge in [0.25, 0.3) is 5.17 Å². The van der Waals surface area contributed by atoms with Gasteiger partial charge >= 0.3 is 0 Å². The van der Waals surface area contributed by atoms with Crippen LogP contribution >= 0.6 is 11.8 Å². The molecular weight excluding hydrogens is 216 g/mol. The third kappa shape index (κ3) is 1.30. The van der Waals surface area contributed by atoms with Crippen molar-refractivity contribution in [1.29, 1.82) is 0 Å². The van der Waals surface area contributed by atoms with E-state index < -0.39 is 4.65 Å². The first-order valence-electron chi connectivity index (χ1n) is 4.22. The summed E-state index contributed by atoms with van der Waals surface area (Å²) in [5.41, 5.74) is 0.689. The highest BCUT2D eigenvalue weighted by molar-refractivity contribution is 8.16. The average molecular weight is 222 g/mol. The smallest absolute Gasteiger partial charge is 0.273 e. The van der Waals surface area contributed by atoms with Crippen molar-refractivity contribution >= 4 is 22.5 Å². The van der Waals surface area contributed by atoms with Gasteiger partial charge in [-0.25, -0.2) is 0 Å². The van der Waals surface area contributed by atoms with Gasteiger partial charge in [0.2, 0.25) is 5.82 Å². The van der Waals surface area contributed by atoms with Gasteiger partial charge in [0, 0.05) is 11.6 Å². The van der Waals surface area contributed by atoms with Gasteiger partial charge in [0.05, 0.1) is 5.57 Å². The molecule has 0 bridgehead atoms. The number of aliphatic imine (C=N–C) groups is 1. The number of fused-ring (bicyclic) bond motifs is 1. The Kier molecular flexibility index (Phi) is 1.75. The van der Waals surface area contributed by atoms with E-state index in [2.05, 4.69) is 25.6 Å². The number of hydrogen-bond donors (Lipinski definition) is 1. The SMILES string of the molecule is [O-][N+]12C=CSC1=NC=C(c1nn[nH]n1)C2. The number of aromatic amines is 1. The molecule has 8 heteroatoms. The average Bonchev–Trinajstić information content (AvgIpc) is 2.83. The van der Waals surface area contributed by atoms with Gasteiger partial charge in [0.15, 0.2) is 0 Å². The number of hydroxylamine groups is 3. The lowest BCUT2D eigenvalue weighted by Crippen LogP contribution is -2.41. The minimum Gasteiger partial charge on any atom is -0.620 e. The summed E-state index contributed by atoms with van der Waals surface area (Å²) >= 11 is 1.34. The van der Waals surface area contributed by atoms with Crippen LogP contribution in [0.15, 0.2) is 22.8 Å². The Labute approximate surface area is 88.7 Å². The fraction of sp³-hybridized carbons (Fsp3) is 0.143. The van der Waals surface area contributed by atoms with Gasteiger partial charge < -0.3 is 5.21 Å². The van der Waals surface area contributed by atoms with Crippen LogP contribution < -0.4 is 0 Å². The zero-order valence-electron chi connectivity index (χ0n) is 7.49. The van der Waals surface area contributed by atoms with Gasteiger partial charge in [-0.15, -0.1) is 10.2 Å². The largest absolute Gasteiger partial charge is 0.620 e. The van der Waals surface area contributed by atoms with Crippen molar-refractivity contribution in [2.24, 2.45) is 4.99 Å². The molecule has 1 aromatic heterocycles. The molecule has 0 saturated heterocycles. The van der Waals surface area contributed by atoms with Gasteiger partial charge in [-0.1, -0.05) is 0 Å². The second kappa shape index (κ2) is 2.99. The highest BCUT2D eigenvalue weighted by Gasteiger charge is 2.33. The second-order valence-electron chi connectivity index (χ2n) is 3.16. The molecule has 3 rings (SSSR count).